The molecule has 3 rings (SSSR count). The van der Waals surface area contributed by atoms with E-state index in [4.69, 9.17) is 20.0 Å². The number of hydrogen-bond acceptors (Lipinski definition) is 5. The lowest BCUT2D eigenvalue weighted by atomic mass is 10.1. The zero-order chi connectivity index (χ0) is 21.7. The van der Waals surface area contributed by atoms with Gasteiger partial charge in [0.1, 0.15) is 23.0 Å². The highest BCUT2D eigenvalue weighted by atomic mass is 19.4. The summed E-state index contributed by atoms with van der Waals surface area (Å²) in [6.45, 7) is 0. The maximum absolute atomic E-state index is 13.1. The minimum Gasteiger partial charge on any atom is -0.457 e. The van der Waals surface area contributed by atoms with Gasteiger partial charge in [-0.1, -0.05) is 12.1 Å². The van der Waals surface area contributed by atoms with Crippen molar-refractivity contribution in [1.82, 2.24) is 0 Å². The van der Waals surface area contributed by atoms with Gasteiger partial charge in [-0.2, -0.15) is 23.7 Å². The van der Waals surface area contributed by atoms with Crippen molar-refractivity contribution in [2.45, 2.75) is 6.18 Å². The fourth-order valence-electron chi connectivity index (χ4n) is 2.65. The summed E-state index contributed by atoms with van der Waals surface area (Å²) in [7, 11) is 0. The van der Waals surface area contributed by atoms with Crippen LogP contribution in [-0.4, -0.2) is 6.29 Å². The fourth-order valence-corrected chi connectivity index (χ4v) is 2.65. The molecular formula is C22H11F3N2O3. The topological polar surface area (TPSA) is 83.1 Å². The van der Waals surface area contributed by atoms with Crippen LogP contribution in [0.25, 0.3) is 0 Å². The lowest BCUT2D eigenvalue weighted by Gasteiger charge is -2.14. The summed E-state index contributed by atoms with van der Waals surface area (Å²) >= 11 is 0. The van der Waals surface area contributed by atoms with Crippen LogP contribution < -0.4 is 9.47 Å². The second-order valence-corrected chi connectivity index (χ2v) is 5.98. The highest BCUT2D eigenvalue weighted by Crippen LogP contribution is 2.37. The van der Waals surface area contributed by atoms with E-state index in [1.807, 2.05) is 12.1 Å². The number of alkyl halides is 3. The van der Waals surface area contributed by atoms with E-state index in [0.29, 0.717) is 0 Å². The molecule has 8 heteroatoms. The molecule has 3 aromatic rings. The van der Waals surface area contributed by atoms with Crippen LogP contribution in [0.4, 0.5) is 13.2 Å². The molecule has 0 saturated carbocycles. The first-order valence-electron chi connectivity index (χ1n) is 8.40. The molecule has 0 aliphatic carbocycles. The summed E-state index contributed by atoms with van der Waals surface area (Å²) in [5, 5.41) is 18.1. The van der Waals surface area contributed by atoms with Crippen molar-refractivity contribution in [2.75, 3.05) is 0 Å². The Kier molecular flexibility index (Phi) is 5.70. The smallest absolute Gasteiger partial charge is 0.417 e. The Morgan fingerprint density at radius 1 is 0.800 bits per heavy atom. The fraction of sp³-hybridized carbons (Fsp3) is 0.0455. The molecule has 0 atom stereocenters. The first-order valence-corrected chi connectivity index (χ1v) is 8.40. The minimum atomic E-state index is -4.70. The van der Waals surface area contributed by atoms with Crippen LogP contribution in [0.5, 0.6) is 23.0 Å². The van der Waals surface area contributed by atoms with Crippen molar-refractivity contribution in [3.05, 3.63) is 82.9 Å². The average Bonchev–Trinajstić information content (AvgIpc) is 2.72. The van der Waals surface area contributed by atoms with Gasteiger partial charge in [0.15, 0.2) is 6.29 Å². The van der Waals surface area contributed by atoms with Crippen molar-refractivity contribution in [1.29, 1.82) is 10.5 Å². The second kappa shape index (κ2) is 8.38. The zero-order valence-corrected chi connectivity index (χ0v) is 15.1. The molecule has 0 fully saturated rings. The number of carbonyl (C=O) groups is 1. The van der Waals surface area contributed by atoms with Gasteiger partial charge in [0.05, 0.1) is 34.4 Å². The Balaban J connectivity index is 1.90. The minimum absolute atomic E-state index is 0.0926. The number of nitrogens with zero attached hydrogens (tertiary/aromatic N) is 2. The molecule has 3 aromatic carbocycles. The standard InChI is InChI=1S/C22H11F3N2O3/c23-22(24,25)20-5-2-6-21(19(20)13-28)30-17-4-1-3-16(10-17)29-18-8-14(11-26)7-15(9-18)12-27/h1-10,13H. The first kappa shape index (κ1) is 20.4. The Bertz CT molecular complexity index is 1160. The molecule has 0 unspecified atom stereocenters. The third-order valence-electron chi connectivity index (χ3n) is 3.92. The van der Waals surface area contributed by atoms with E-state index >= 15 is 0 Å². The van der Waals surface area contributed by atoms with E-state index in [1.165, 1.54) is 42.5 Å². The van der Waals surface area contributed by atoms with Crippen molar-refractivity contribution in [3.8, 4) is 35.1 Å². The lowest BCUT2D eigenvalue weighted by Crippen LogP contribution is -2.09. The quantitative estimate of drug-likeness (QED) is 0.495. The molecule has 0 saturated heterocycles. The summed E-state index contributed by atoms with van der Waals surface area (Å²) in [4.78, 5) is 11.3. The molecule has 0 N–H and O–H groups in total. The van der Waals surface area contributed by atoms with Crippen LogP contribution in [0.3, 0.4) is 0 Å². The SMILES string of the molecule is N#Cc1cc(C#N)cc(Oc2cccc(Oc3cccc(C(F)(F)F)c3C=O)c2)c1. The van der Waals surface area contributed by atoms with Crippen LogP contribution in [0, 0.1) is 22.7 Å². The number of hydrogen-bond donors (Lipinski definition) is 0. The van der Waals surface area contributed by atoms with E-state index in [0.717, 1.165) is 12.1 Å². The Hall–Kier alpha value is -4.30. The number of aldehydes is 1. The molecule has 5 nitrogen and oxygen atoms in total. The summed E-state index contributed by atoms with van der Waals surface area (Å²) in [5.41, 5.74) is -1.25. The monoisotopic (exact) mass is 408 g/mol. The van der Waals surface area contributed by atoms with Gasteiger partial charge in [0.2, 0.25) is 0 Å². The van der Waals surface area contributed by atoms with Gasteiger partial charge in [-0.05, 0) is 42.5 Å². The first-order chi connectivity index (χ1) is 14.3. The molecular weight excluding hydrogens is 397 g/mol. The Morgan fingerprint density at radius 2 is 1.40 bits per heavy atom. The number of benzene rings is 3. The van der Waals surface area contributed by atoms with Crippen molar-refractivity contribution in [3.63, 3.8) is 0 Å². The van der Waals surface area contributed by atoms with Gasteiger partial charge in [-0.3, -0.25) is 4.79 Å². The summed E-state index contributed by atoms with van der Waals surface area (Å²) in [6.07, 6.45) is -4.61. The van der Waals surface area contributed by atoms with Gasteiger partial charge in [0.25, 0.3) is 0 Å². The molecule has 30 heavy (non-hydrogen) atoms. The summed E-state index contributed by atoms with van der Waals surface area (Å²) in [5.74, 6) is 0.364. The largest absolute Gasteiger partial charge is 0.457 e. The molecule has 0 spiro atoms. The molecule has 0 aliphatic rings. The van der Waals surface area contributed by atoms with Crippen LogP contribution >= 0.6 is 0 Å². The predicted molar refractivity (Wildman–Crippen MR) is 99.3 cm³/mol. The molecule has 0 bridgehead atoms. The number of ether oxygens (including phenoxy) is 2. The molecule has 0 radical (unpaired) electrons. The average molecular weight is 408 g/mol. The van der Waals surface area contributed by atoms with Gasteiger partial charge in [0, 0.05) is 6.07 Å². The van der Waals surface area contributed by atoms with Crippen LogP contribution in [-0.2, 0) is 6.18 Å². The highest BCUT2D eigenvalue weighted by Gasteiger charge is 2.34. The van der Waals surface area contributed by atoms with Crippen LogP contribution in [0.1, 0.15) is 27.0 Å². The van der Waals surface area contributed by atoms with Gasteiger partial charge in [-0.15, -0.1) is 0 Å². The maximum atomic E-state index is 13.1. The number of carbonyl (C=O) groups excluding carboxylic acids is 1. The molecule has 0 heterocycles. The molecule has 0 aliphatic heterocycles. The number of rotatable bonds is 5. The van der Waals surface area contributed by atoms with Crippen LogP contribution in [0.15, 0.2) is 60.7 Å². The normalized spacial score (nSPS) is 10.6. The zero-order valence-electron chi connectivity index (χ0n) is 15.1. The van der Waals surface area contributed by atoms with Gasteiger partial charge < -0.3 is 9.47 Å². The summed E-state index contributed by atoms with van der Waals surface area (Å²) < 4.78 is 50.4. The van der Waals surface area contributed by atoms with E-state index < -0.39 is 17.3 Å². The van der Waals surface area contributed by atoms with Crippen molar-refractivity contribution >= 4 is 6.29 Å². The number of halogens is 3. The third kappa shape index (κ3) is 4.57. The molecule has 148 valence electrons. The number of nitriles is 2. The molecule has 0 amide bonds. The predicted octanol–water partition coefficient (Wildman–Crippen LogP) is 5.85. The lowest BCUT2D eigenvalue weighted by molar-refractivity contribution is -0.137. The van der Waals surface area contributed by atoms with Gasteiger partial charge in [-0.25, -0.2) is 0 Å². The Labute approximate surface area is 169 Å². The van der Waals surface area contributed by atoms with Crippen molar-refractivity contribution in [2.24, 2.45) is 0 Å². The van der Waals surface area contributed by atoms with E-state index in [2.05, 4.69) is 0 Å². The second-order valence-electron chi connectivity index (χ2n) is 5.98. The molecule has 0 aromatic heterocycles. The third-order valence-corrected chi connectivity index (χ3v) is 3.92. The van der Waals surface area contributed by atoms with Gasteiger partial charge >= 0.3 is 6.18 Å². The summed E-state index contributed by atoms with van der Waals surface area (Å²) in [6, 6.07) is 17.3. The van der Waals surface area contributed by atoms with Crippen LogP contribution in [0.2, 0.25) is 0 Å². The van der Waals surface area contributed by atoms with E-state index in [9.17, 15) is 18.0 Å². The maximum Gasteiger partial charge on any atom is 0.417 e. The Morgan fingerprint density at radius 3 is 1.97 bits per heavy atom. The van der Waals surface area contributed by atoms with E-state index in [1.54, 1.807) is 6.07 Å². The van der Waals surface area contributed by atoms with E-state index in [-0.39, 0.29) is 40.4 Å². The van der Waals surface area contributed by atoms with Crippen molar-refractivity contribution < 1.29 is 27.4 Å². The highest BCUT2D eigenvalue weighted by molar-refractivity contribution is 5.82.